The first-order valence-corrected chi connectivity index (χ1v) is 8.43. The maximum atomic E-state index is 12.3. The molecule has 1 N–H and O–H groups in total. The highest BCUT2D eigenvalue weighted by atomic mass is 79.9. The minimum atomic E-state index is -0.489. The first-order valence-electron chi connectivity index (χ1n) is 7.64. The van der Waals surface area contributed by atoms with E-state index >= 15 is 0 Å². The van der Waals surface area contributed by atoms with Crippen LogP contribution in [-0.4, -0.2) is 30.4 Å². The number of carbonyl (C=O) groups is 1. The maximum absolute atomic E-state index is 12.3. The van der Waals surface area contributed by atoms with Gasteiger partial charge in [0.1, 0.15) is 12.4 Å². The van der Waals surface area contributed by atoms with Gasteiger partial charge in [-0.25, -0.2) is 0 Å². The lowest BCUT2D eigenvalue weighted by Crippen LogP contribution is -2.24. The van der Waals surface area contributed by atoms with Gasteiger partial charge in [0.25, 0.3) is 5.91 Å². The van der Waals surface area contributed by atoms with Crippen molar-refractivity contribution in [3.05, 3.63) is 74.3 Å². The second-order valence-electron chi connectivity index (χ2n) is 5.60. The SMILES string of the molecule is Cn1ncc(Br)c1CNC(=O)c1ccc(Cn2cc([N+](=O)[O-])cn2)cc1. The quantitative estimate of drug-likeness (QED) is 0.487. The van der Waals surface area contributed by atoms with Crippen molar-refractivity contribution in [1.29, 1.82) is 0 Å². The van der Waals surface area contributed by atoms with E-state index in [4.69, 9.17) is 0 Å². The summed E-state index contributed by atoms with van der Waals surface area (Å²) in [6, 6.07) is 7.01. The molecule has 0 unspecified atom stereocenters. The Morgan fingerprint density at radius 2 is 2.00 bits per heavy atom. The second kappa shape index (κ2) is 7.48. The molecule has 1 aromatic carbocycles. The molecule has 2 heterocycles. The molecule has 2 aromatic heterocycles. The molecule has 0 aliphatic heterocycles. The lowest BCUT2D eigenvalue weighted by Gasteiger charge is -2.07. The van der Waals surface area contributed by atoms with Crippen molar-refractivity contribution in [1.82, 2.24) is 24.9 Å². The molecule has 10 heteroatoms. The van der Waals surface area contributed by atoms with Gasteiger partial charge in [0, 0.05) is 12.6 Å². The highest BCUT2D eigenvalue weighted by molar-refractivity contribution is 9.10. The standard InChI is InChI=1S/C16H15BrN6O3/c1-21-15(14(17)7-19-21)8-18-16(24)12-4-2-11(3-5-12)9-22-10-13(6-20-22)23(25)26/h2-7,10H,8-9H2,1H3,(H,18,24). The number of hydrogen-bond acceptors (Lipinski definition) is 5. The van der Waals surface area contributed by atoms with Crippen LogP contribution >= 0.6 is 15.9 Å². The van der Waals surface area contributed by atoms with Gasteiger partial charge in [0.2, 0.25) is 0 Å². The Bertz CT molecular complexity index is 928. The van der Waals surface area contributed by atoms with Gasteiger partial charge in [-0.1, -0.05) is 12.1 Å². The Morgan fingerprint density at radius 1 is 1.27 bits per heavy atom. The lowest BCUT2D eigenvalue weighted by molar-refractivity contribution is -0.385. The van der Waals surface area contributed by atoms with Gasteiger partial charge in [0.05, 0.1) is 34.4 Å². The number of amides is 1. The van der Waals surface area contributed by atoms with Crippen LogP contribution in [0.1, 0.15) is 21.6 Å². The number of benzene rings is 1. The number of aryl methyl sites for hydroxylation is 1. The summed E-state index contributed by atoms with van der Waals surface area (Å²) in [4.78, 5) is 22.4. The summed E-state index contributed by atoms with van der Waals surface area (Å²) >= 11 is 3.39. The molecule has 0 radical (unpaired) electrons. The molecule has 0 aliphatic carbocycles. The van der Waals surface area contributed by atoms with Gasteiger partial charge in [-0.15, -0.1) is 0 Å². The predicted octanol–water partition coefficient (Wildman–Crippen LogP) is 2.27. The molecule has 0 saturated heterocycles. The number of hydrogen-bond donors (Lipinski definition) is 1. The van der Waals surface area contributed by atoms with Crippen molar-refractivity contribution in [3.63, 3.8) is 0 Å². The van der Waals surface area contributed by atoms with Crippen LogP contribution in [0, 0.1) is 10.1 Å². The number of rotatable bonds is 6. The van der Waals surface area contributed by atoms with E-state index < -0.39 is 4.92 Å². The highest BCUT2D eigenvalue weighted by Gasteiger charge is 2.11. The number of halogens is 1. The largest absolute Gasteiger partial charge is 0.346 e. The summed E-state index contributed by atoms with van der Waals surface area (Å²) in [5, 5.41) is 21.6. The zero-order chi connectivity index (χ0) is 18.7. The van der Waals surface area contributed by atoms with Crippen LogP contribution in [-0.2, 0) is 20.1 Å². The molecule has 0 fully saturated rings. The van der Waals surface area contributed by atoms with E-state index in [1.54, 1.807) is 42.2 Å². The summed E-state index contributed by atoms with van der Waals surface area (Å²) in [6.45, 7) is 0.742. The molecule has 3 rings (SSSR count). The van der Waals surface area contributed by atoms with Crippen LogP contribution in [0.3, 0.4) is 0 Å². The van der Waals surface area contributed by atoms with Gasteiger partial charge in [-0.05, 0) is 33.6 Å². The van der Waals surface area contributed by atoms with Crippen LogP contribution in [0.25, 0.3) is 0 Å². The molecular weight excluding hydrogens is 404 g/mol. The molecule has 3 aromatic rings. The topological polar surface area (TPSA) is 108 Å². The van der Waals surface area contributed by atoms with Gasteiger partial charge < -0.3 is 5.32 Å². The maximum Gasteiger partial charge on any atom is 0.307 e. The molecule has 1 amide bonds. The van der Waals surface area contributed by atoms with Gasteiger partial charge in [-0.2, -0.15) is 10.2 Å². The zero-order valence-corrected chi connectivity index (χ0v) is 15.4. The summed E-state index contributed by atoms with van der Waals surface area (Å²) < 4.78 is 4.01. The molecule has 0 atom stereocenters. The minimum Gasteiger partial charge on any atom is -0.346 e. The Labute approximate surface area is 156 Å². The van der Waals surface area contributed by atoms with E-state index in [0.717, 1.165) is 15.7 Å². The van der Waals surface area contributed by atoms with Crippen molar-refractivity contribution >= 4 is 27.5 Å². The normalized spacial score (nSPS) is 10.7. The van der Waals surface area contributed by atoms with E-state index in [1.807, 2.05) is 0 Å². The highest BCUT2D eigenvalue weighted by Crippen LogP contribution is 2.15. The van der Waals surface area contributed by atoms with Crippen molar-refractivity contribution in [3.8, 4) is 0 Å². The van der Waals surface area contributed by atoms with E-state index in [1.165, 1.54) is 17.1 Å². The Morgan fingerprint density at radius 3 is 2.58 bits per heavy atom. The van der Waals surface area contributed by atoms with E-state index in [-0.39, 0.29) is 11.6 Å². The third-order valence-corrected chi connectivity index (χ3v) is 4.48. The van der Waals surface area contributed by atoms with Crippen LogP contribution in [0.2, 0.25) is 0 Å². The Balaban J connectivity index is 1.61. The smallest absolute Gasteiger partial charge is 0.307 e. The third kappa shape index (κ3) is 3.97. The number of nitrogens with zero attached hydrogens (tertiary/aromatic N) is 5. The fraction of sp³-hybridized carbons (Fsp3) is 0.188. The summed E-state index contributed by atoms with van der Waals surface area (Å²) in [6.07, 6.45) is 4.25. The first-order chi connectivity index (χ1) is 12.4. The average Bonchev–Trinajstić information content (AvgIpc) is 3.21. The van der Waals surface area contributed by atoms with Gasteiger partial charge >= 0.3 is 5.69 Å². The monoisotopic (exact) mass is 418 g/mol. The number of nitro groups is 1. The number of aromatic nitrogens is 4. The third-order valence-electron chi connectivity index (χ3n) is 3.82. The van der Waals surface area contributed by atoms with Crippen LogP contribution in [0.15, 0.2) is 47.3 Å². The van der Waals surface area contributed by atoms with Gasteiger partial charge in [0.15, 0.2) is 0 Å². The molecule has 26 heavy (non-hydrogen) atoms. The summed E-state index contributed by atoms with van der Waals surface area (Å²) in [7, 11) is 1.81. The molecule has 0 spiro atoms. The Hall–Kier alpha value is -3.01. The minimum absolute atomic E-state index is 0.0534. The predicted molar refractivity (Wildman–Crippen MR) is 96.5 cm³/mol. The van der Waals surface area contributed by atoms with E-state index in [9.17, 15) is 14.9 Å². The van der Waals surface area contributed by atoms with E-state index in [0.29, 0.717) is 18.7 Å². The lowest BCUT2D eigenvalue weighted by atomic mass is 10.1. The zero-order valence-electron chi connectivity index (χ0n) is 13.8. The fourth-order valence-corrected chi connectivity index (χ4v) is 2.87. The molecular formula is C16H15BrN6O3. The van der Waals surface area contributed by atoms with Crippen molar-refractivity contribution in [2.45, 2.75) is 13.1 Å². The number of carbonyl (C=O) groups excluding carboxylic acids is 1. The van der Waals surface area contributed by atoms with Crippen molar-refractivity contribution in [2.75, 3.05) is 0 Å². The van der Waals surface area contributed by atoms with Crippen molar-refractivity contribution < 1.29 is 9.72 Å². The van der Waals surface area contributed by atoms with Crippen LogP contribution in [0.5, 0.6) is 0 Å². The first kappa shape index (κ1) is 17.8. The van der Waals surface area contributed by atoms with Crippen molar-refractivity contribution in [2.24, 2.45) is 7.05 Å². The summed E-state index contributed by atoms with van der Waals surface area (Å²) in [5.41, 5.74) is 2.23. The number of nitrogens with one attached hydrogen (secondary N) is 1. The fourth-order valence-electron chi connectivity index (χ4n) is 2.38. The van der Waals surface area contributed by atoms with Crippen LogP contribution < -0.4 is 5.32 Å². The van der Waals surface area contributed by atoms with Crippen LogP contribution in [0.4, 0.5) is 5.69 Å². The molecule has 134 valence electrons. The Kier molecular flexibility index (Phi) is 5.12. The summed E-state index contributed by atoms with van der Waals surface area (Å²) in [5.74, 6) is -0.195. The molecule has 9 nitrogen and oxygen atoms in total. The second-order valence-corrected chi connectivity index (χ2v) is 6.45. The molecule has 0 bridgehead atoms. The molecule has 0 saturated carbocycles. The average molecular weight is 419 g/mol. The van der Waals surface area contributed by atoms with Gasteiger partial charge in [-0.3, -0.25) is 24.3 Å². The van der Waals surface area contributed by atoms with E-state index in [2.05, 4.69) is 31.4 Å². The molecule has 0 aliphatic rings.